The van der Waals surface area contributed by atoms with E-state index in [1.807, 2.05) is 32.0 Å². The number of carbonyl (C=O) groups excluding carboxylic acids is 2. The van der Waals surface area contributed by atoms with E-state index in [4.69, 9.17) is 14.2 Å². The zero-order valence-electron chi connectivity index (χ0n) is 14.9. The molecule has 5 heteroatoms. The third-order valence-electron chi connectivity index (χ3n) is 3.73. The quantitative estimate of drug-likeness (QED) is 0.569. The fraction of sp³-hybridized carbons (Fsp3) is 0.300. The van der Waals surface area contributed by atoms with E-state index in [2.05, 4.69) is 0 Å². The summed E-state index contributed by atoms with van der Waals surface area (Å²) in [5, 5.41) is 0. The molecule has 0 amide bonds. The Morgan fingerprint density at radius 3 is 2.32 bits per heavy atom. The number of methoxy groups -OCH3 is 1. The molecule has 0 fully saturated rings. The second-order valence-electron chi connectivity index (χ2n) is 5.78. The minimum Gasteiger partial charge on any atom is -0.497 e. The van der Waals surface area contributed by atoms with Crippen molar-refractivity contribution < 1.29 is 23.8 Å². The summed E-state index contributed by atoms with van der Waals surface area (Å²) < 4.78 is 15.7. The number of hydrogen-bond donors (Lipinski definition) is 0. The Morgan fingerprint density at radius 1 is 1.04 bits per heavy atom. The van der Waals surface area contributed by atoms with Gasteiger partial charge in [-0.25, -0.2) is 4.79 Å². The summed E-state index contributed by atoms with van der Waals surface area (Å²) in [4.78, 5) is 24.2. The van der Waals surface area contributed by atoms with Gasteiger partial charge in [-0.1, -0.05) is 17.7 Å². The van der Waals surface area contributed by atoms with Crippen molar-refractivity contribution in [2.45, 2.75) is 26.9 Å². The van der Waals surface area contributed by atoms with E-state index in [-0.39, 0.29) is 12.4 Å². The molecule has 0 saturated carbocycles. The van der Waals surface area contributed by atoms with Crippen LogP contribution in [0.3, 0.4) is 0 Å². The predicted octanol–water partition coefficient (Wildman–Crippen LogP) is 3.51. The van der Waals surface area contributed by atoms with Gasteiger partial charge < -0.3 is 14.2 Å². The number of hydrogen-bond acceptors (Lipinski definition) is 5. The SMILES string of the molecule is COc1ccc(C(=O)[C@H](C)OC(=O)COc2ccc(C)cc2C)cc1. The second-order valence-corrected chi connectivity index (χ2v) is 5.78. The van der Waals surface area contributed by atoms with Crippen LogP contribution in [0.4, 0.5) is 0 Å². The first-order chi connectivity index (χ1) is 11.9. The van der Waals surface area contributed by atoms with Crippen LogP contribution in [-0.4, -0.2) is 31.6 Å². The first-order valence-corrected chi connectivity index (χ1v) is 7.98. The molecular formula is C20H22O5. The number of esters is 1. The van der Waals surface area contributed by atoms with Gasteiger partial charge in [0.15, 0.2) is 12.7 Å². The van der Waals surface area contributed by atoms with Crippen LogP contribution in [0.15, 0.2) is 42.5 Å². The van der Waals surface area contributed by atoms with E-state index < -0.39 is 12.1 Å². The topological polar surface area (TPSA) is 61.8 Å². The average molecular weight is 342 g/mol. The third-order valence-corrected chi connectivity index (χ3v) is 3.73. The van der Waals surface area contributed by atoms with E-state index in [9.17, 15) is 9.59 Å². The zero-order chi connectivity index (χ0) is 18.4. The van der Waals surface area contributed by atoms with Crippen LogP contribution in [0.25, 0.3) is 0 Å². The van der Waals surface area contributed by atoms with E-state index in [1.165, 1.54) is 0 Å². The Morgan fingerprint density at radius 2 is 1.72 bits per heavy atom. The Labute approximate surface area is 147 Å². The van der Waals surface area contributed by atoms with Crippen LogP contribution in [-0.2, 0) is 9.53 Å². The van der Waals surface area contributed by atoms with Crippen LogP contribution in [0, 0.1) is 13.8 Å². The van der Waals surface area contributed by atoms with Gasteiger partial charge in [-0.3, -0.25) is 4.79 Å². The number of Topliss-reactive ketones (excluding diaryl/α,β-unsaturated/α-hetero) is 1. The maximum atomic E-state index is 12.3. The average Bonchev–Trinajstić information content (AvgIpc) is 2.60. The van der Waals surface area contributed by atoms with Gasteiger partial charge in [-0.2, -0.15) is 0 Å². The molecule has 0 heterocycles. The van der Waals surface area contributed by atoms with Crippen molar-refractivity contribution in [2.75, 3.05) is 13.7 Å². The molecule has 0 unspecified atom stereocenters. The Hall–Kier alpha value is -2.82. The Bertz CT molecular complexity index is 749. The number of rotatable bonds is 7. The summed E-state index contributed by atoms with van der Waals surface area (Å²) >= 11 is 0. The Kier molecular flexibility index (Phi) is 6.17. The van der Waals surface area contributed by atoms with Gasteiger partial charge in [0.05, 0.1) is 7.11 Å². The van der Waals surface area contributed by atoms with Crippen molar-refractivity contribution in [1.29, 1.82) is 0 Å². The molecule has 2 rings (SSSR count). The zero-order valence-corrected chi connectivity index (χ0v) is 14.9. The summed E-state index contributed by atoms with van der Waals surface area (Å²) in [6, 6.07) is 12.3. The van der Waals surface area contributed by atoms with E-state index >= 15 is 0 Å². The van der Waals surface area contributed by atoms with Crippen molar-refractivity contribution in [2.24, 2.45) is 0 Å². The summed E-state index contributed by atoms with van der Waals surface area (Å²) in [6.07, 6.45) is -0.886. The molecule has 0 aromatic heterocycles. The predicted molar refractivity (Wildman–Crippen MR) is 94.3 cm³/mol. The molecule has 2 aromatic rings. The molecule has 0 radical (unpaired) electrons. The normalized spacial score (nSPS) is 11.5. The fourth-order valence-electron chi connectivity index (χ4n) is 2.37. The van der Waals surface area contributed by atoms with Crippen molar-refractivity contribution in [3.8, 4) is 11.5 Å². The lowest BCUT2D eigenvalue weighted by Crippen LogP contribution is -2.27. The summed E-state index contributed by atoms with van der Waals surface area (Å²) in [5.41, 5.74) is 2.51. The number of aryl methyl sites for hydroxylation is 2. The smallest absolute Gasteiger partial charge is 0.344 e. The van der Waals surface area contributed by atoms with Gasteiger partial charge in [0.2, 0.25) is 5.78 Å². The lowest BCUT2D eigenvalue weighted by molar-refractivity contribution is -0.148. The second kappa shape index (κ2) is 8.33. The highest BCUT2D eigenvalue weighted by atomic mass is 16.6. The molecule has 0 aliphatic heterocycles. The maximum Gasteiger partial charge on any atom is 0.344 e. The van der Waals surface area contributed by atoms with Crippen molar-refractivity contribution in [1.82, 2.24) is 0 Å². The molecule has 5 nitrogen and oxygen atoms in total. The van der Waals surface area contributed by atoms with Crippen LogP contribution in [0.1, 0.15) is 28.4 Å². The van der Waals surface area contributed by atoms with Crippen molar-refractivity contribution in [3.63, 3.8) is 0 Å². The molecular weight excluding hydrogens is 320 g/mol. The lowest BCUT2D eigenvalue weighted by Gasteiger charge is -2.14. The molecule has 0 spiro atoms. The van der Waals surface area contributed by atoms with Gasteiger partial charge in [-0.15, -0.1) is 0 Å². The minimum absolute atomic E-state index is 0.246. The molecule has 0 bridgehead atoms. The van der Waals surface area contributed by atoms with Crippen LogP contribution >= 0.6 is 0 Å². The number of ether oxygens (including phenoxy) is 3. The van der Waals surface area contributed by atoms with E-state index in [0.29, 0.717) is 17.1 Å². The molecule has 1 atom stereocenters. The Balaban J connectivity index is 1.89. The van der Waals surface area contributed by atoms with E-state index in [1.54, 1.807) is 38.3 Å². The number of carbonyl (C=O) groups is 2. The molecule has 0 aliphatic carbocycles. The highest BCUT2D eigenvalue weighted by molar-refractivity contribution is 6.00. The summed E-state index contributed by atoms with van der Waals surface area (Å²) in [7, 11) is 1.55. The minimum atomic E-state index is -0.886. The fourth-order valence-corrected chi connectivity index (χ4v) is 2.37. The largest absolute Gasteiger partial charge is 0.497 e. The monoisotopic (exact) mass is 342 g/mol. The first-order valence-electron chi connectivity index (χ1n) is 7.98. The molecule has 132 valence electrons. The standard InChI is InChI=1S/C20H22O5/c1-13-5-10-18(14(2)11-13)24-12-19(21)25-15(3)20(22)16-6-8-17(23-4)9-7-16/h5-11,15H,12H2,1-4H3/t15-/m0/s1. The van der Waals surface area contributed by atoms with Crippen LogP contribution < -0.4 is 9.47 Å². The number of benzene rings is 2. The highest BCUT2D eigenvalue weighted by Crippen LogP contribution is 2.19. The van der Waals surface area contributed by atoms with E-state index in [0.717, 1.165) is 11.1 Å². The summed E-state index contributed by atoms with van der Waals surface area (Å²) in [5.74, 6) is 0.414. The van der Waals surface area contributed by atoms with Gasteiger partial charge in [-0.05, 0) is 56.7 Å². The maximum absolute atomic E-state index is 12.3. The van der Waals surface area contributed by atoms with Gasteiger partial charge in [0.25, 0.3) is 0 Å². The molecule has 2 aromatic carbocycles. The molecule has 0 N–H and O–H groups in total. The van der Waals surface area contributed by atoms with Crippen LogP contribution in [0.5, 0.6) is 11.5 Å². The summed E-state index contributed by atoms with van der Waals surface area (Å²) in [6.45, 7) is 5.19. The lowest BCUT2D eigenvalue weighted by atomic mass is 10.1. The van der Waals surface area contributed by atoms with Crippen molar-refractivity contribution >= 4 is 11.8 Å². The third kappa shape index (κ3) is 5.08. The number of ketones is 1. The van der Waals surface area contributed by atoms with Crippen LogP contribution in [0.2, 0.25) is 0 Å². The highest BCUT2D eigenvalue weighted by Gasteiger charge is 2.20. The molecule has 0 saturated heterocycles. The van der Waals surface area contributed by atoms with Crippen molar-refractivity contribution in [3.05, 3.63) is 59.2 Å². The molecule has 25 heavy (non-hydrogen) atoms. The van der Waals surface area contributed by atoms with Gasteiger partial charge in [0.1, 0.15) is 11.5 Å². The first kappa shape index (κ1) is 18.5. The van der Waals surface area contributed by atoms with Gasteiger partial charge in [0, 0.05) is 5.56 Å². The van der Waals surface area contributed by atoms with Gasteiger partial charge >= 0.3 is 5.97 Å². The molecule has 0 aliphatic rings.